The molecule has 0 saturated carbocycles. The summed E-state index contributed by atoms with van der Waals surface area (Å²) in [7, 11) is 4.67. The lowest BCUT2D eigenvalue weighted by atomic mass is 10.1. The highest BCUT2D eigenvalue weighted by Crippen LogP contribution is 2.42. The van der Waals surface area contributed by atoms with E-state index >= 15 is 0 Å². The molecule has 0 radical (unpaired) electrons. The van der Waals surface area contributed by atoms with E-state index in [4.69, 9.17) is 18.9 Å². The molecule has 1 aliphatic rings. The van der Waals surface area contributed by atoms with Crippen molar-refractivity contribution >= 4 is 34.5 Å². The number of aliphatic hydroxyl groups is 1. The molecule has 2 aromatic rings. The molecule has 3 rings (SSSR count). The quantitative estimate of drug-likeness (QED) is 0.611. The minimum Gasteiger partial charge on any atom is -0.506 e. The molecule has 1 aliphatic heterocycles. The zero-order valence-corrected chi connectivity index (χ0v) is 18.5. The van der Waals surface area contributed by atoms with Gasteiger partial charge in [0, 0.05) is 5.56 Å². The zero-order valence-electron chi connectivity index (χ0n) is 17.7. The number of methoxy groups -OCH3 is 3. The van der Waals surface area contributed by atoms with E-state index in [1.807, 2.05) is 12.1 Å². The fraction of sp³-hybridized carbons (Fsp3) is 0.217. The summed E-state index contributed by atoms with van der Waals surface area (Å²) in [6, 6.07) is 12.5. The van der Waals surface area contributed by atoms with Crippen LogP contribution >= 0.6 is 11.8 Å². The van der Waals surface area contributed by atoms with Crippen molar-refractivity contribution in [2.24, 2.45) is 4.99 Å². The summed E-state index contributed by atoms with van der Waals surface area (Å²) in [5.74, 6) is 0.935. The van der Waals surface area contributed by atoms with Gasteiger partial charge < -0.3 is 24.1 Å². The first kappa shape index (κ1) is 22.3. The molecular weight excluding hydrogens is 418 g/mol. The molecule has 8 heteroatoms. The van der Waals surface area contributed by atoms with Gasteiger partial charge in [0.1, 0.15) is 22.1 Å². The van der Waals surface area contributed by atoms with Gasteiger partial charge in [-0.2, -0.15) is 0 Å². The van der Waals surface area contributed by atoms with Crippen molar-refractivity contribution in [1.82, 2.24) is 0 Å². The number of ether oxygens (including phenoxy) is 4. The number of hydrogen-bond donors (Lipinski definition) is 1. The van der Waals surface area contributed by atoms with E-state index in [2.05, 4.69) is 4.99 Å². The standard InChI is InChI=1S/C23H23NO6S/c1-5-30-23(26)19-20(25)18(13-14-7-6-8-17(28-3)21(14)29-4)31-22(19)24-15-9-11-16(27-2)12-10-15/h6-13,25H,5H2,1-4H3/b18-13+,24-22?. The van der Waals surface area contributed by atoms with E-state index < -0.39 is 5.97 Å². The summed E-state index contributed by atoms with van der Waals surface area (Å²) in [6.07, 6.45) is 1.72. The van der Waals surface area contributed by atoms with Gasteiger partial charge in [0.2, 0.25) is 0 Å². The van der Waals surface area contributed by atoms with Crippen LogP contribution in [0.2, 0.25) is 0 Å². The minimum atomic E-state index is -0.638. The van der Waals surface area contributed by atoms with Gasteiger partial charge in [0.25, 0.3) is 0 Å². The van der Waals surface area contributed by atoms with Crippen LogP contribution < -0.4 is 14.2 Å². The maximum atomic E-state index is 12.6. The summed E-state index contributed by atoms with van der Waals surface area (Å²) in [5, 5.41) is 11.2. The lowest BCUT2D eigenvalue weighted by Gasteiger charge is -2.10. The number of aliphatic hydroxyl groups excluding tert-OH is 1. The summed E-state index contributed by atoms with van der Waals surface area (Å²) in [6.45, 7) is 1.88. The second-order valence-corrected chi connectivity index (χ2v) is 7.28. The van der Waals surface area contributed by atoms with Gasteiger partial charge in [-0.25, -0.2) is 9.79 Å². The molecule has 31 heavy (non-hydrogen) atoms. The van der Waals surface area contributed by atoms with Crippen LogP contribution in [0.3, 0.4) is 0 Å². The highest BCUT2D eigenvalue weighted by Gasteiger charge is 2.33. The number of aliphatic imine (C=N–C) groups is 1. The molecule has 1 N–H and O–H groups in total. The zero-order chi connectivity index (χ0) is 22.4. The van der Waals surface area contributed by atoms with Crippen molar-refractivity contribution in [2.75, 3.05) is 27.9 Å². The average Bonchev–Trinajstić information content (AvgIpc) is 3.08. The average molecular weight is 442 g/mol. The van der Waals surface area contributed by atoms with Crippen molar-refractivity contribution in [1.29, 1.82) is 0 Å². The first-order valence-corrected chi connectivity index (χ1v) is 10.3. The van der Waals surface area contributed by atoms with Crippen molar-refractivity contribution < 1.29 is 28.8 Å². The topological polar surface area (TPSA) is 86.6 Å². The number of carbonyl (C=O) groups is 1. The van der Waals surface area contributed by atoms with Crippen LogP contribution in [0.5, 0.6) is 17.2 Å². The molecule has 0 spiro atoms. The normalized spacial score (nSPS) is 16.0. The first-order valence-electron chi connectivity index (χ1n) is 9.46. The molecule has 0 unspecified atom stereocenters. The van der Waals surface area contributed by atoms with Crippen molar-refractivity contribution in [3.63, 3.8) is 0 Å². The number of benzene rings is 2. The summed E-state index contributed by atoms with van der Waals surface area (Å²) < 4.78 is 21.1. The van der Waals surface area contributed by atoms with Crippen LogP contribution in [0.25, 0.3) is 6.08 Å². The Balaban J connectivity index is 2.06. The number of thioether (sulfide) groups is 1. The van der Waals surface area contributed by atoms with Gasteiger partial charge >= 0.3 is 5.97 Å². The number of esters is 1. The molecule has 2 aromatic carbocycles. The number of rotatable bonds is 7. The minimum absolute atomic E-state index is 0.0239. The third kappa shape index (κ3) is 4.86. The third-order valence-corrected chi connectivity index (χ3v) is 5.41. The van der Waals surface area contributed by atoms with Crippen LogP contribution in [0, 0.1) is 0 Å². The Kier molecular flexibility index (Phi) is 7.25. The lowest BCUT2D eigenvalue weighted by Crippen LogP contribution is -2.12. The predicted molar refractivity (Wildman–Crippen MR) is 121 cm³/mol. The first-order chi connectivity index (χ1) is 15.0. The number of nitrogens with zero attached hydrogens (tertiary/aromatic N) is 1. The molecule has 0 bridgehead atoms. The molecule has 1 heterocycles. The van der Waals surface area contributed by atoms with Crippen LogP contribution in [-0.2, 0) is 9.53 Å². The van der Waals surface area contributed by atoms with Crippen LogP contribution in [0.1, 0.15) is 12.5 Å². The van der Waals surface area contributed by atoms with Crippen molar-refractivity contribution in [2.45, 2.75) is 6.92 Å². The second-order valence-electron chi connectivity index (χ2n) is 6.25. The summed E-state index contributed by atoms with van der Waals surface area (Å²) >= 11 is 1.17. The SMILES string of the molecule is CCOC(=O)C1=C(O)/C(=C\c2cccc(OC)c2OC)SC1=Nc1ccc(OC)cc1. The van der Waals surface area contributed by atoms with Crippen LogP contribution in [0.15, 0.2) is 63.7 Å². The smallest absolute Gasteiger partial charge is 0.344 e. The summed E-state index contributed by atoms with van der Waals surface area (Å²) in [4.78, 5) is 17.5. The number of carbonyl (C=O) groups excluding carboxylic acids is 1. The molecular formula is C23H23NO6S. The van der Waals surface area contributed by atoms with Crippen molar-refractivity contribution in [3.8, 4) is 17.2 Å². The molecule has 0 fully saturated rings. The maximum absolute atomic E-state index is 12.6. The molecule has 0 aromatic heterocycles. The predicted octanol–water partition coefficient (Wildman–Crippen LogP) is 4.91. The van der Waals surface area contributed by atoms with Gasteiger partial charge in [0.05, 0.1) is 38.5 Å². The third-order valence-electron chi connectivity index (χ3n) is 4.39. The Morgan fingerprint density at radius 3 is 2.42 bits per heavy atom. The van der Waals surface area contributed by atoms with Gasteiger partial charge in [-0.05, 0) is 43.3 Å². The van der Waals surface area contributed by atoms with E-state index in [0.29, 0.717) is 38.4 Å². The van der Waals surface area contributed by atoms with E-state index in [0.717, 1.165) is 0 Å². The number of para-hydroxylation sites is 1. The Labute approximate surface area is 185 Å². The fourth-order valence-corrected chi connectivity index (χ4v) is 3.96. The van der Waals surface area contributed by atoms with Gasteiger partial charge in [-0.15, -0.1) is 0 Å². The van der Waals surface area contributed by atoms with Crippen LogP contribution in [-0.4, -0.2) is 44.1 Å². The Morgan fingerprint density at radius 1 is 1.06 bits per heavy atom. The largest absolute Gasteiger partial charge is 0.506 e. The number of hydrogen-bond acceptors (Lipinski definition) is 8. The van der Waals surface area contributed by atoms with Crippen LogP contribution in [0.4, 0.5) is 5.69 Å². The molecule has 0 atom stereocenters. The van der Waals surface area contributed by atoms with E-state index in [-0.39, 0.29) is 17.9 Å². The molecule has 0 aliphatic carbocycles. The highest BCUT2D eigenvalue weighted by atomic mass is 32.2. The van der Waals surface area contributed by atoms with Crippen molar-refractivity contribution in [3.05, 3.63) is 64.3 Å². The van der Waals surface area contributed by atoms with Gasteiger partial charge in [0.15, 0.2) is 11.5 Å². The van der Waals surface area contributed by atoms with E-state index in [1.54, 1.807) is 57.6 Å². The molecule has 0 saturated heterocycles. The second kappa shape index (κ2) is 10.1. The Hall–Kier alpha value is -3.39. The molecule has 7 nitrogen and oxygen atoms in total. The van der Waals surface area contributed by atoms with E-state index in [1.165, 1.54) is 18.9 Å². The van der Waals surface area contributed by atoms with Gasteiger partial charge in [-0.1, -0.05) is 23.9 Å². The highest BCUT2D eigenvalue weighted by molar-refractivity contribution is 8.18. The Bertz CT molecular complexity index is 1060. The van der Waals surface area contributed by atoms with E-state index in [9.17, 15) is 9.90 Å². The maximum Gasteiger partial charge on any atom is 0.344 e. The summed E-state index contributed by atoms with van der Waals surface area (Å²) in [5.41, 5.74) is 1.32. The Morgan fingerprint density at radius 2 is 1.81 bits per heavy atom. The lowest BCUT2D eigenvalue weighted by molar-refractivity contribution is -0.138. The molecule has 0 amide bonds. The molecule has 162 valence electrons. The monoisotopic (exact) mass is 441 g/mol. The fourth-order valence-electron chi connectivity index (χ4n) is 2.93. The van der Waals surface area contributed by atoms with Gasteiger partial charge in [-0.3, -0.25) is 0 Å².